The van der Waals surface area contributed by atoms with E-state index in [9.17, 15) is 0 Å². The Morgan fingerprint density at radius 1 is 0.812 bits per heavy atom. The van der Waals surface area contributed by atoms with E-state index in [-0.39, 0.29) is 0 Å². The van der Waals surface area contributed by atoms with Crippen molar-refractivity contribution in [2.24, 2.45) is 17.4 Å². The molecule has 0 radical (unpaired) electrons. The first-order valence-electron chi connectivity index (χ1n) is 7.16. The Morgan fingerprint density at radius 2 is 1.44 bits per heavy atom. The van der Waals surface area contributed by atoms with Crippen LogP contribution in [-0.2, 0) is 0 Å². The molecule has 0 aromatic rings. The van der Waals surface area contributed by atoms with Crippen molar-refractivity contribution in [2.75, 3.05) is 13.1 Å². The van der Waals surface area contributed by atoms with Gasteiger partial charge in [0.2, 0.25) is 0 Å². The summed E-state index contributed by atoms with van der Waals surface area (Å²) in [6, 6.07) is 0. The minimum Gasteiger partial charge on any atom is -0.330 e. The Labute approximate surface area is 103 Å². The average molecular weight is 230 g/mol. The van der Waals surface area contributed by atoms with E-state index >= 15 is 0 Å². The van der Waals surface area contributed by atoms with Gasteiger partial charge in [0.1, 0.15) is 0 Å². The van der Waals surface area contributed by atoms with Crippen molar-refractivity contribution in [3.8, 4) is 0 Å². The zero-order chi connectivity index (χ0) is 12.6. The maximum atomic E-state index is 5.52. The third-order valence-electron chi connectivity index (χ3n) is 2.93. The zero-order valence-electron chi connectivity index (χ0n) is 11.8. The van der Waals surface area contributed by atoms with Crippen LogP contribution in [0.5, 0.6) is 0 Å². The Bertz CT molecular complexity index is 96.9. The molecule has 0 heterocycles. The van der Waals surface area contributed by atoms with Crippen molar-refractivity contribution in [1.29, 1.82) is 0 Å². The van der Waals surface area contributed by atoms with E-state index in [0.29, 0.717) is 0 Å². The predicted octanol–water partition coefficient (Wildman–Crippen LogP) is 3.69. The highest BCUT2D eigenvalue weighted by molar-refractivity contribution is 4.56. The van der Waals surface area contributed by atoms with Crippen LogP contribution < -0.4 is 11.5 Å². The van der Waals surface area contributed by atoms with Crippen molar-refractivity contribution in [1.82, 2.24) is 0 Å². The first-order chi connectivity index (χ1) is 7.76. The van der Waals surface area contributed by atoms with Gasteiger partial charge in [-0.3, -0.25) is 0 Å². The molecule has 2 nitrogen and oxygen atoms in total. The fraction of sp³-hybridized carbons (Fsp3) is 1.00. The van der Waals surface area contributed by atoms with Gasteiger partial charge in [-0.15, -0.1) is 0 Å². The summed E-state index contributed by atoms with van der Waals surface area (Å²) >= 11 is 0. The molecule has 4 N–H and O–H groups in total. The second-order valence-corrected chi connectivity index (χ2v) is 4.50. The lowest BCUT2D eigenvalue weighted by atomic mass is 10.00. The summed E-state index contributed by atoms with van der Waals surface area (Å²) in [5, 5.41) is 0. The van der Waals surface area contributed by atoms with E-state index in [0.717, 1.165) is 19.0 Å². The van der Waals surface area contributed by atoms with Crippen LogP contribution in [0.4, 0.5) is 0 Å². The molecule has 0 aromatic carbocycles. The van der Waals surface area contributed by atoms with Gasteiger partial charge in [-0.05, 0) is 31.8 Å². The maximum absolute atomic E-state index is 5.52. The van der Waals surface area contributed by atoms with Crippen molar-refractivity contribution < 1.29 is 0 Å². The highest BCUT2D eigenvalue weighted by Crippen LogP contribution is 2.09. The second kappa shape index (κ2) is 17.3. The van der Waals surface area contributed by atoms with Gasteiger partial charge >= 0.3 is 0 Å². The van der Waals surface area contributed by atoms with E-state index in [4.69, 9.17) is 11.5 Å². The normalized spacial score (nSPS) is 11.8. The van der Waals surface area contributed by atoms with Gasteiger partial charge in [-0.25, -0.2) is 0 Å². The lowest BCUT2D eigenvalue weighted by Crippen LogP contribution is -2.12. The van der Waals surface area contributed by atoms with Crippen LogP contribution >= 0.6 is 0 Å². The molecule has 100 valence electrons. The summed E-state index contributed by atoms with van der Waals surface area (Å²) in [4.78, 5) is 0. The average Bonchev–Trinajstić information content (AvgIpc) is 2.32. The highest BCUT2D eigenvalue weighted by Gasteiger charge is 2.00. The summed E-state index contributed by atoms with van der Waals surface area (Å²) in [6.45, 7) is 8.38. The number of hydrogen-bond acceptors (Lipinski definition) is 2. The van der Waals surface area contributed by atoms with Crippen molar-refractivity contribution in [2.45, 2.75) is 72.1 Å². The van der Waals surface area contributed by atoms with Gasteiger partial charge in [-0.2, -0.15) is 0 Å². The number of rotatable bonds is 9. The standard InChI is InChI=1S/C8H19N.C6H15N/c1-3-5-6-8(4-2)7-9;1-2-3-4-5-6-7/h8H,3-7,9H2,1-2H3;2-7H2,1H3. The number of hydrogen-bond donors (Lipinski definition) is 2. The van der Waals surface area contributed by atoms with Crippen LogP contribution in [0.1, 0.15) is 72.1 Å². The fourth-order valence-electron chi connectivity index (χ4n) is 1.55. The van der Waals surface area contributed by atoms with Gasteiger partial charge in [0.25, 0.3) is 0 Å². The molecule has 16 heavy (non-hydrogen) atoms. The molecule has 2 heteroatoms. The number of nitrogens with two attached hydrogens (primary N) is 2. The molecule has 0 aliphatic heterocycles. The largest absolute Gasteiger partial charge is 0.330 e. The van der Waals surface area contributed by atoms with E-state index < -0.39 is 0 Å². The Balaban J connectivity index is 0. The summed E-state index contributed by atoms with van der Waals surface area (Å²) in [6.07, 6.45) is 10.4. The molecule has 1 unspecified atom stereocenters. The Hall–Kier alpha value is -0.0800. The van der Waals surface area contributed by atoms with Crippen LogP contribution in [0, 0.1) is 5.92 Å². The van der Waals surface area contributed by atoms with E-state index in [1.165, 1.54) is 51.4 Å². The van der Waals surface area contributed by atoms with Gasteiger partial charge in [0, 0.05) is 0 Å². The van der Waals surface area contributed by atoms with Crippen LogP contribution in [0.25, 0.3) is 0 Å². The van der Waals surface area contributed by atoms with Gasteiger partial charge in [-0.1, -0.05) is 59.3 Å². The second-order valence-electron chi connectivity index (χ2n) is 4.50. The smallest absolute Gasteiger partial charge is 0.00490 e. The molecular weight excluding hydrogens is 196 g/mol. The molecule has 0 fully saturated rings. The van der Waals surface area contributed by atoms with Gasteiger partial charge < -0.3 is 11.5 Å². The van der Waals surface area contributed by atoms with Crippen LogP contribution in [0.2, 0.25) is 0 Å². The van der Waals surface area contributed by atoms with Gasteiger partial charge in [0.05, 0.1) is 0 Å². The quantitative estimate of drug-likeness (QED) is 0.594. The summed E-state index contributed by atoms with van der Waals surface area (Å²) in [5.41, 5.74) is 10.8. The molecule has 0 aliphatic rings. The van der Waals surface area contributed by atoms with E-state index in [1.54, 1.807) is 0 Å². The Kier molecular flexibility index (Phi) is 19.8. The van der Waals surface area contributed by atoms with Gasteiger partial charge in [0.15, 0.2) is 0 Å². The molecule has 0 saturated heterocycles. The summed E-state index contributed by atoms with van der Waals surface area (Å²) < 4.78 is 0. The number of unbranched alkanes of at least 4 members (excludes halogenated alkanes) is 4. The first kappa shape index (κ1) is 18.3. The molecule has 0 amide bonds. The lowest BCUT2D eigenvalue weighted by molar-refractivity contribution is 0.461. The summed E-state index contributed by atoms with van der Waals surface area (Å²) in [5.74, 6) is 0.782. The molecule has 0 bridgehead atoms. The zero-order valence-corrected chi connectivity index (χ0v) is 11.8. The predicted molar refractivity (Wildman–Crippen MR) is 75.6 cm³/mol. The maximum Gasteiger partial charge on any atom is -0.00490 e. The van der Waals surface area contributed by atoms with Crippen molar-refractivity contribution in [3.63, 3.8) is 0 Å². The monoisotopic (exact) mass is 230 g/mol. The van der Waals surface area contributed by atoms with E-state index in [1.807, 2.05) is 0 Å². The van der Waals surface area contributed by atoms with Crippen LogP contribution in [0.15, 0.2) is 0 Å². The lowest BCUT2D eigenvalue weighted by Gasteiger charge is -2.09. The van der Waals surface area contributed by atoms with Crippen molar-refractivity contribution >= 4 is 0 Å². The molecule has 0 aromatic heterocycles. The Morgan fingerprint density at radius 3 is 1.81 bits per heavy atom. The molecule has 1 atom stereocenters. The molecular formula is C14H34N2. The van der Waals surface area contributed by atoms with Crippen LogP contribution in [-0.4, -0.2) is 13.1 Å². The third-order valence-corrected chi connectivity index (χ3v) is 2.93. The fourth-order valence-corrected chi connectivity index (χ4v) is 1.55. The highest BCUT2D eigenvalue weighted by atomic mass is 14.5. The first-order valence-corrected chi connectivity index (χ1v) is 7.16. The minimum atomic E-state index is 0.782. The topological polar surface area (TPSA) is 52.0 Å². The summed E-state index contributed by atoms with van der Waals surface area (Å²) in [7, 11) is 0. The molecule has 0 rings (SSSR count). The molecule has 0 aliphatic carbocycles. The molecule has 0 spiro atoms. The minimum absolute atomic E-state index is 0.782. The molecule has 0 saturated carbocycles. The van der Waals surface area contributed by atoms with Crippen LogP contribution in [0.3, 0.4) is 0 Å². The van der Waals surface area contributed by atoms with Crippen molar-refractivity contribution in [3.05, 3.63) is 0 Å². The van der Waals surface area contributed by atoms with E-state index in [2.05, 4.69) is 20.8 Å². The SMILES string of the molecule is CCCCC(CC)CN.CCCCCCN. The third kappa shape index (κ3) is 16.4.